The lowest BCUT2D eigenvalue weighted by Crippen LogP contribution is -2.47. The first-order valence-corrected chi connectivity index (χ1v) is 8.97. The van der Waals surface area contributed by atoms with Crippen LogP contribution in [0.15, 0.2) is 42.6 Å². The maximum Gasteiger partial charge on any atom is 0.275 e. The van der Waals surface area contributed by atoms with Crippen molar-refractivity contribution in [2.24, 2.45) is 5.92 Å². The van der Waals surface area contributed by atoms with E-state index in [0.717, 1.165) is 18.2 Å². The van der Waals surface area contributed by atoms with E-state index < -0.39 is 23.2 Å². The molecule has 2 atom stereocenters. The molecule has 3 saturated heterocycles. The second kappa shape index (κ2) is 7.06. The van der Waals surface area contributed by atoms with E-state index in [1.165, 1.54) is 4.90 Å². The minimum Gasteiger partial charge on any atom is -0.334 e. The predicted octanol–water partition coefficient (Wildman–Crippen LogP) is 2.62. The summed E-state index contributed by atoms with van der Waals surface area (Å²) in [4.78, 5) is 32.5. The third-order valence-electron chi connectivity index (χ3n) is 5.29. The molecule has 0 N–H and O–H groups in total. The quantitative estimate of drug-likeness (QED) is 0.834. The highest BCUT2D eigenvalue weighted by atomic mass is 19.1. The number of aromatic nitrogens is 1. The molecule has 1 aromatic heterocycles. The fourth-order valence-electron chi connectivity index (χ4n) is 3.92. The van der Waals surface area contributed by atoms with E-state index in [2.05, 4.69) is 4.98 Å². The Morgan fingerprint density at radius 3 is 2.67 bits per heavy atom. The fraction of sp³-hybridized carbons (Fsp3) is 0.350. The summed E-state index contributed by atoms with van der Waals surface area (Å²) in [5.74, 6) is -2.69. The van der Waals surface area contributed by atoms with Crippen molar-refractivity contribution in [3.05, 3.63) is 65.5 Å². The van der Waals surface area contributed by atoms with Gasteiger partial charge in [0, 0.05) is 31.7 Å². The molecule has 4 heterocycles. The van der Waals surface area contributed by atoms with Crippen LogP contribution in [0.4, 0.5) is 8.78 Å². The molecule has 0 unspecified atom stereocenters. The first-order chi connectivity index (χ1) is 13.0. The van der Waals surface area contributed by atoms with Crippen molar-refractivity contribution in [1.29, 1.82) is 0 Å². The highest BCUT2D eigenvalue weighted by Crippen LogP contribution is 2.31. The number of hydrogen-bond acceptors (Lipinski definition) is 3. The van der Waals surface area contributed by atoms with Gasteiger partial charge in [-0.15, -0.1) is 0 Å². The van der Waals surface area contributed by atoms with E-state index >= 15 is 0 Å². The summed E-state index contributed by atoms with van der Waals surface area (Å²) in [6, 6.07) is 10.2. The molecule has 0 aliphatic carbocycles. The molecule has 0 radical (unpaired) electrons. The normalized spacial score (nSPS) is 22.1. The van der Waals surface area contributed by atoms with Crippen LogP contribution in [0.3, 0.4) is 0 Å². The maximum atomic E-state index is 14.0. The van der Waals surface area contributed by atoms with Gasteiger partial charge in [0.15, 0.2) is 11.5 Å². The van der Waals surface area contributed by atoms with Gasteiger partial charge in [0.05, 0.1) is 12.1 Å². The zero-order valence-corrected chi connectivity index (χ0v) is 14.6. The highest BCUT2D eigenvalue weighted by Gasteiger charge is 2.42. The van der Waals surface area contributed by atoms with E-state index in [-0.39, 0.29) is 24.4 Å². The van der Waals surface area contributed by atoms with Gasteiger partial charge in [-0.1, -0.05) is 30.3 Å². The van der Waals surface area contributed by atoms with Crippen molar-refractivity contribution < 1.29 is 18.4 Å². The van der Waals surface area contributed by atoms with Crippen molar-refractivity contribution in [2.45, 2.75) is 25.4 Å². The molecule has 0 saturated carbocycles. The minimum atomic E-state index is -0.982. The first kappa shape index (κ1) is 17.6. The Labute approximate surface area is 155 Å². The zero-order valence-electron chi connectivity index (χ0n) is 14.6. The van der Waals surface area contributed by atoms with Crippen LogP contribution in [0.5, 0.6) is 0 Å². The van der Waals surface area contributed by atoms with Gasteiger partial charge >= 0.3 is 0 Å². The third kappa shape index (κ3) is 3.41. The molecular formula is C20H19F2N3O2. The number of carbonyl (C=O) groups is 2. The SMILES string of the molecule is O=C(c1ncc(F)cc1F)N1C[C@@H]2CC[C@H](C1)N(Cc1ccccc1)C2=O. The number of fused-ring (bicyclic) bond motifs is 4. The van der Waals surface area contributed by atoms with Crippen LogP contribution in [0, 0.1) is 17.6 Å². The number of rotatable bonds is 3. The number of nitrogens with zero attached hydrogens (tertiary/aromatic N) is 3. The van der Waals surface area contributed by atoms with E-state index in [4.69, 9.17) is 0 Å². The van der Waals surface area contributed by atoms with Crippen molar-refractivity contribution in [3.8, 4) is 0 Å². The van der Waals surface area contributed by atoms with Gasteiger partial charge in [0.2, 0.25) is 5.91 Å². The van der Waals surface area contributed by atoms with Crippen LogP contribution in [-0.2, 0) is 11.3 Å². The summed E-state index contributed by atoms with van der Waals surface area (Å²) in [7, 11) is 0. The molecule has 3 fully saturated rings. The van der Waals surface area contributed by atoms with Gasteiger partial charge < -0.3 is 9.80 Å². The van der Waals surface area contributed by atoms with Gasteiger partial charge in [-0.3, -0.25) is 9.59 Å². The van der Waals surface area contributed by atoms with Crippen LogP contribution in [0.2, 0.25) is 0 Å². The zero-order chi connectivity index (χ0) is 19.0. The molecule has 5 nitrogen and oxygen atoms in total. The molecule has 27 heavy (non-hydrogen) atoms. The van der Waals surface area contributed by atoms with E-state index in [0.29, 0.717) is 25.6 Å². The summed E-state index contributed by atoms with van der Waals surface area (Å²) in [5, 5.41) is 0. The van der Waals surface area contributed by atoms with E-state index in [9.17, 15) is 18.4 Å². The molecule has 3 aliphatic heterocycles. The number of piperidine rings is 1. The van der Waals surface area contributed by atoms with Gasteiger partial charge in [0.25, 0.3) is 5.91 Å². The van der Waals surface area contributed by atoms with E-state index in [1.807, 2.05) is 35.2 Å². The molecule has 7 heteroatoms. The second-order valence-electron chi connectivity index (χ2n) is 7.07. The van der Waals surface area contributed by atoms with Gasteiger partial charge in [-0.25, -0.2) is 13.8 Å². The Hall–Kier alpha value is -2.83. The van der Waals surface area contributed by atoms with Crippen LogP contribution in [0.1, 0.15) is 28.9 Å². The summed E-state index contributed by atoms with van der Waals surface area (Å²) in [5.41, 5.74) is 0.627. The van der Waals surface area contributed by atoms with Crippen molar-refractivity contribution in [2.75, 3.05) is 13.1 Å². The Morgan fingerprint density at radius 2 is 1.93 bits per heavy atom. The van der Waals surface area contributed by atoms with Crippen molar-refractivity contribution in [1.82, 2.24) is 14.8 Å². The lowest BCUT2D eigenvalue weighted by atomic mass is 9.93. The molecule has 140 valence electrons. The number of amides is 2. The first-order valence-electron chi connectivity index (χ1n) is 8.97. The summed E-state index contributed by atoms with van der Waals surface area (Å²) in [6.45, 7) is 1.05. The highest BCUT2D eigenvalue weighted by molar-refractivity contribution is 5.93. The van der Waals surface area contributed by atoms with Gasteiger partial charge in [-0.2, -0.15) is 0 Å². The van der Waals surface area contributed by atoms with Crippen LogP contribution < -0.4 is 0 Å². The lowest BCUT2D eigenvalue weighted by molar-refractivity contribution is -0.140. The van der Waals surface area contributed by atoms with Gasteiger partial charge in [-0.05, 0) is 18.4 Å². The lowest BCUT2D eigenvalue weighted by Gasteiger charge is -2.36. The molecular weight excluding hydrogens is 352 g/mol. The number of carbonyl (C=O) groups excluding carboxylic acids is 2. The maximum absolute atomic E-state index is 14.0. The largest absolute Gasteiger partial charge is 0.334 e. The molecule has 2 aromatic rings. The minimum absolute atomic E-state index is 0.0259. The second-order valence-corrected chi connectivity index (χ2v) is 7.07. The Balaban J connectivity index is 1.57. The smallest absolute Gasteiger partial charge is 0.275 e. The topological polar surface area (TPSA) is 53.5 Å². The summed E-state index contributed by atoms with van der Waals surface area (Å²) >= 11 is 0. The van der Waals surface area contributed by atoms with Crippen molar-refractivity contribution >= 4 is 11.8 Å². The Kier molecular flexibility index (Phi) is 4.59. The molecule has 0 spiro atoms. The average molecular weight is 371 g/mol. The standard InChI is InChI=1S/C20H19F2N3O2/c21-15-8-17(22)18(23-9-15)20(27)24-11-14-6-7-16(12-24)25(19(14)26)10-13-4-2-1-3-5-13/h1-5,8-9,14,16H,6-7,10-12H2/t14-,16+/m0/s1. The summed E-state index contributed by atoms with van der Waals surface area (Å²) in [6.07, 6.45) is 2.33. The van der Waals surface area contributed by atoms with Crippen molar-refractivity contribution in [3.63, 3.8) is 0 Å². The molecule has 3 aliphatic rings. The Morgan fingerprint density at radius 1 is 1.15 bits per heavy atom. The molecule has 1 aromatic carbocycles. The number of hydrogen-bond donors (Lipinski definition) is 0. The van der Waals surface area contributed by atoms with E-state index in [1.54, 1.807) is 0 Å². The number of halogens is 2. The van der Waals surface area contributed by atoms with Crippen LogP contribution in [-0.4, -0.2) is 45.7 Å². The number of pyridine rings is 1. The molecule has 5 rings (SSSR count). The average Bonchev–Trinajstić information content (AvgIpc) is 2.95. The predicted molar refractivity (Wildman–Crippen MR) is 93.6 cm³/mol. The monoisotopic (exact) mass is 371 g/mol. The molecule has 2 amide bonds. The summed E-state index contributed by atoms with van der Waals surface area (Å²) < 4.78 is 27.1. The fourth-order valence-corrected chi connectivity index (χ4v) is 3.92. The van der Waals surface area contributed by atoms with Crippen LogP contribution >= 0.6 is 0 Å². The number of benzene rings is 1. The Bertz CT molecular complexity index is 875. The third-order valence-corrected chi connectivity index (χ3v) is 5.29. The van der Waals surface area contributed by atoms with Crippen LogP contribution in [0.25, 0.3) is 0 Å². The van der Waals surface area contributed by atoms with Gasteiger partial charge in [0.1, 0.15) is 5.82 Å². The molecule has 2 bridgehead atoms.